The van der Waals surface area contributed by atoms with E-state index >= 15 is 0 Å². The second-order valence-corrected chi connectivity index (χ2v) is 5.35. The minimum absolute atomic E-state index is 0.769. The van der Waals surface area contributed by atoms with Crippen LogP contribution in [0, 0.1) is 5.92 Å². The van der Waals surface area contributed by atoms with Crippen LogP contribution in [0.1, 0.15) is 33.1 Å². The van der Waals surface area contributed by atoms with E-state index in [1.807, 2.05) is 0 Å². The minimum Gasteiger partial charge on any atom is -0.360 e. The van der Waals surface area contributed by atoms with E-state index in [9.17, 15) is 0 Å². The molecule has 1 aliphatic heterocycles. The van der Waals surface area contributed by atoms with E-state index in [2.05, 4.69) is 46.7 Å². The second kappa shape index (κ2) is 6.03. The Morgan fingerprint density at radius 2 is 2.28 bits per heavy atom. The highest BCUT2D eigenvalue weighted by atomic mass is 15.2. The third-order valence-electron chi connectivity index (χ3n) is 3.57. The quantitative estimate of drug-likeness (QED) is 0.819. The summed E-state index contributed by atoms with van der Waals surface area (Å²) in [7, 11) is 2.09. The number of aromatic nitrogens is 2. The summed E-state index contributed by atoms with van der Waals surface area (Å²) >= 11 is 0. The van der Waals surface area contributed by atoms with E-state index in [0.717, 1.165) is 43.6 Å². The minimum atomic E-state index is 0.769. The van der Waals surface area contributed by atoms with Crippen molar-refractivity contribution in [2.75, 3.05) is 36.5 Å². The summed E-state index contributed by atoms with van der Waals surface area (Å²) in [6, 6.07) is 2.12. The molecule has 0 radical (unpaired) electrons. The molecule has 0 saturated carbocycles. The highest BCUT2D eigenvalue weighted by Gasteiger charge is 2.18. The Morgan fingerprint density at radius 3 is 3.00 bits per heavy atom. The molecule has 1 unspecified atom stereocenters. The maximum absolute atomic E-state index is 4.43. The Kier molecular flexibility index (Phi) is 4.39. The molecule has 0 spiro atoms. The molecule has 1 aromatic heterocycles. The lowest BCUT2D eigenvalue weighted by Crippen LogP contribution is -2.35. The third kappa shape index (κ3) is 3.12. The van der Waals surface area contributed by atoms with E-state index in [0.29, 0.717) is 0 Å². The van der Waals surface area contributed by atoms with Gasteiger partial charge >= 0.3 is 0 Å². The molecular weight excluding hydrogens is 224 g/mol. The lowest BCUT2D eigenvalue weighted by Gasteiger charge is -2.32. The monoisotopic (exact) mass is 248 g/mol. The molecule has 4 heteroatoms. The first-order valence-corrected chi connectivity index (χ1v) is 6.99. The molecule has 1 atom stereocenters. The number of rotatable bonds is 4. The number of hydrogen-bond acceptors (Lipinski definition) is 4. The van der Waals surface area contributed by atoms with Crippen molar-refractivity contribution in [3.63, 3.8) is 0 Å². The Hall–Kier alpha value is -1.32. The molecule has 2 heterocycles. The molecule has 0 amide bonds. The van der Waals surface area contributed by atoms with Gasteiger partial charge in [-0.25, -0.2) is 9.97 Å². The highest BCUT2D eigenvalue weighted by molar-refractivity contribution is 5.49. The fraction of sp³-hybridized carbons (Fsp3) is 0.714. The molecule has 4 nitrogen and oxygen atoms in total. The second-order valence-electron chi connectivity index (χ2n) is 5.35. The standard InChI is InChI=1S/C14H24N4/c1-4-7-17(3)13-9-14(16-11-15-13)18-8-5-6-12(2)10-18/h9,11-12H,4-8,10H2,1-3H3. The van der Waals surface area contributed by atoms with Crippen LogP contribution in [-0.4, -0.2) is 36.6 Å². The normalized spacial score (nSPS) is 19.9. The number of hydrogen-bond donors (Lipinski definition) is 0. The molecular formula is C14H24N4. The molecule has 0 bridgehead atoms. The predicted molar refractivity (Wildman–Crippen MR) is 76.2 cm³/mol. The lowest BCUT2D eigenvalue weighted by molar-refractivity contribution is 0.444. The van der Waals surface area contributed by atoms with E-state index in [1.165, 1.54) is 12.8 Å². The van der Waals surface area contributed by atoms with Crippen molar-refractivity contribution in [2.45, 2.75) is 33.1 Å². The Labute approximate surface area is 110 Å². The van der Waals surface area contributed by atoms with Gasteiger partial charge in [0.1, 0.15) is 18.0 Å². The zero-order chi connectivity index (χ0) is 13.0. The molecule has 0 aromatic carbocycles. The smallest absolute Gasteiger partial charge is 0.134 e. The molecule has 1 aliphatic rings. The average molecular weight is 248 g/mol. The first-order valence-electron chi connectivity index (χ1n) is 6.99. The molecule has 100 valence electrons. The van der Waals surface area contributed by atoms with Gasteiger partial charge in [0.05, 0.1) is 0 Å². The Balaban J connectivity index is 2.11. The lowest BCUT2D eigenvalue weighted by atomic mass is 10.0. The van der Waals surface area contributed by atoms with Crippen molar-refractivity contribution in [3.8, 4) is 0 Å². The van der Waals surface area contributed by atoms with Gasteiger partial charge < -0.3 is 9.80 Å². The molecule has 2 rings (SSSR count). The van der Waals surface area contributed by atoms with Crippen LogP contribution >= 0.6 is 0 Å². The van der Waals surface area contributed by atoms with E-state index in [4.69, 9.17) is 0 Å². The van der Waals surface area contributed by atoms with Crippen molar-refractivity contribution >= 4 is 11.6 Å². The van der Waals surface area contributed by atoms with Crippen LogP contribution in [0.3, 0.4) is 0 Å². The van der Waals surface area contributed by atoms with Crippen molar-refractivity contribution in [3.05, 3.63) is 12.4 Å². The third-order valence-corrected chi connectivity index (χ3v) is 3.57. The fourth-order valence-corrected chi connectivity index (χ4v) is 2.57. The van der Waals surface area contributed by atoms with Crippen LogP contribution in [0.25, 0.3) is 0 Å². The first-order chi connectivity index (χ1) is 8.70. The van der Waals surface area contributed by atoms with Gasteiger partial charge in [0.15, 0.2) is 0 Å². The van der Waals surface area contributed by atoms with Crippen LogP contribution in [0.15, 0.2) is 12.4 Å². The summed E-state index contributed by atoms with van der Waals surface area (Å²) in [5, 5.41) is 0. The van der Waals surface area contributed by atoms with Gasteiger partial charge in [-0.1, -0.05) is 13.8 Å². The summed E-state index contributed by atoms with van der Waals surface area (Å²) in [5.74, 6) is 2.88. The first kappa shape index (κ1) is 13.1. The van der Waals surface area contributed by atoms with Crippen molar-refractivity contribution < 1.29 is 0 Å². The van der Waals surface area contributed by atoms with E-state index in [1.54, 1.807) is 6.33 Å². The summed E-state index contributed by atoms with van der Waals surface area (Å²) in [5.41, 5.74) is 0. The predicted octanol–water partition coefficient (Wildman–Crippen LogP) is 2.56. The van der Waals surface area contributed by atoms with Gasteiger partial charge in [-0.05, 0) is 25.2 Å². The molecule has 1 fully saturated rings. The van der Waals surface area contributed by atoms with Crippen molar-refractivity contribution in [1.29, 1.82) is 0 Å². The number of anilines is 2. The van der Waals surface area contributed by atoms with Crippen LogP contribution < -0.4 is 9.80 Å². The molecule has 18 heavy (non-hydrogen) atoms. The fourth-order valence-electron chi connectivity index (χ4n) is 2.57. The topological polar surface area (TPSA) is 32.3 Å². The summed E-state index contributed by atoms with van der Waals surface area (Å²) in [6.07, 6.45) is 5.43. The van der Waals surface area contributed by atoms with Gasteiger partial charge in [-0.3, -0.25) is 0 Å². The van der Waals surface area contributed by atoms with Gasteiger partial charge in [-0.15, -0.1) is 0 Å². The van der Waals surface area contributed by atoms with Crippen LogP contribution in [0.2, 0.25) is 0 Å². The van der Waals surface area contributed by atoms with E-state index < -0.39 is 0 Å². The van der Waals surface area contributed by atoms with Gasteiger partial charge in [0, 0.05) is 32.7 Å². The number of nitrogens with zero attached hydrogens (tertiary/aromatic N) is 4. The van der Waals surface area contributed by atoms with Crippen LogP contribution in [-0.2, 0) is 0 Å². The highest BCUT2D eigenvalue weighted by Crippen LogP contribution is 2.23. The summed E-state index contributed by atoms with van der Waals surface area (Å²) < 4.78 is 0. The molecule has 1 aromatic rings. The zero-order valence-corrected chi connectivity index (χ0v) is 11.8. The number of piperidine rings is 1. The average Bonchev–Trinajstić information content (AvgIpc) is 2.39. The van der Waals surface area contributed by atoms with Crippen molar-refractivity contribution in [1.82, 2.24) is 9.97 Å². The maximum atomic E-state index is 4.43. The SMILES string of the molecule is CCCN(C)c1cc(N2CCCC(C)C2)ncn1. The van der Waals surface area contributed by atoms with Gasteiger partial charge in [-0.2, -0.15) is 0 Å². The van der Waals surface area contributed by atoms with Gasteiger partial charge in [0.2, 0.25) is 0 Å². The van der Waals surface area contributed by atoms with Crippen molar-refractivity contribution in [2.24, 2.45) is 5.92 Å². The summed E-state index contributed by atoms with van der Waals surface area (Å²) in [4.78, 5) is 13.4. The zero-order valence-electron chi connectivity index (χ0n) is 11.8. The summed E-state index contributed by atoms with van der Waals surface area (Å²) in [6.45, 7) is 7.78. The Bertz CT molecular complexity index is 380. The van der Waals surface area contributed by atoms with Crippen LogP contribution in [0.4, 0.5) is 11.6 Å². The van der Waals surface area contributed by atoms with Crippen LogP contribution in [0.5, 0.6) is 0 Å². The maximum Gasteiger partial charge on any atom is 0.134 e. The van der Waals surface area contributed by atoms with Gasteiger partial charge in [0.25, 0.3) is 0 Å². The molecule has 0 N–H and O–H groups in total. The Morgan fingerprint density at radius 1 is 1.44 bits per heavy atom. The van der Waals surface area contributed by atoms with E-state index in [-0.39, 0.29) is 0 Å². The molecule has 0 aliphatic carbocycles. The largest absolute Gasteiger partial charge is 0.360 e. The molecule has 1 saturated heterocycles.